The molecule has 2 heterocycles. The maximum Gasteiger partial charge on any atom is 0.231 e. The van der Waals surface area contributed by atoms with E-state index in [9.17, 15) is 4.39 Å². The van der Waals surface area contributed by atoms with Crippen LogP contribution in [0.2, 0.25) is 5.15 Å². The Balaban J connectivity index is 1.43. The first-order valence-corrected chi connectivity index (χ1v) is 11.9. The van der Waals surface area contributed by atoms with E-state index in [0.29, 0.717) is 32.9 Å². The van der Waals surface area contributed by atoms with E-state index < -0.39 is 0 Å². The number of nitrogens with one attached hydrogen (secondary N) is 2. The highest BCUT2D eigenvalue weighted by atomic mass is 35.5. The van der Waals surface area contributed by atoms with Crippen molar-refractivity contribution in [3.05, 3.63) is 65.3 Å². The third-order valence-corrected chi connectivity index (χ3v) is 6.74. The molecule has 4 rings (SSSR count). The minimum absolute atomic E-state index is 0.0848. The molecular formula is C22H22ClFN6S2. The van der Waals surface area contributed by atoms with Crippen molar-refractivity contribution in [2.24, 2.45) is 0 Å². The summed E-state index contributed by atoms with van der Waals surface area (Å²) in [6, 6.07) is 10.2. The number of rotatable bonds is 6. The third kappa shape index (κ3) is 5.90. The number of hydrogen-bond donors (Lipinski definition) is 2. The second-order valence-corrected chi connectivity index (χ2v) is 9.42. The number of anilines is 1. The van der Waals surface area contributed by atoms with Crippen molar-refractivity contribution >= 4 is 46.6 Å². The topological polar surface area (TPSA) is 75.6 Å². The Morgan fingerprint density at radius 2 is 1.81 bits per heavy atom. The van der Waals surface area contributed by atoms with E-state index in [0.717, 1.165) is 31.2 Å². The van der Waals surface area contributed by atoms with Crippen molar-refractivity contribution in [2.45, 2.75) is 47.7 Å². The van der Waals surface area contributed by atoms with Crippen LogP contribution in [0.5, 0.6) is 0 Å². The first-order chi connectivity index (χ1) is 15.5. The molecule has 32 heavy (non-hydrogen) atoms. The summed E-state index contributed by atoms with van der Waals surface area (Å²) in [4.78, 5) is 17.0. The largest absolute Gasteiger partial charge is 0.361 e. The van der Waals surface area contributed by atoms with E-state index in [4.69, 9.17) is 23.8 Å². The smallest absolute Gasteiger partial charge is 0.231 e. The fraction of sp³-hybridized carbons (Fsp3) is 0.318. The van der Waals surface area contributed by atoms with Gasteiger partial charge in [-0.2, -0.15) is 0 Å². The summed E-state index contributed by atoms with van der Waals surface area (Å²) < 4.78 is 13.5. The van der Waals surface area contributed by atoms with Crippen LogP contribution in [0.3, 0.4) is 0 Å². The number of halogens is 2. The fourth-order valence-corrected chi connectivity index (χ4v) is 5.06. The fourth-order valence-electron chi connectivity index (χ4n) is 3.93. The van der Waals surface area contributed by atoms with Gasteiger partial charge in [-0.25, -0.2) is 24.3 Å². The van der Waals surface area contributed by atoms with Crippen LogP contribution in [0.25, 0.3) is 0 Å². The summed E-state index contributed by atoms with van der Waals surface area (Å²) in [5, 5.41) is 8.21. The lowest BCUT2D eigenvalue weighted by Gasteiger charge is -2.38. The normalized spacial score (nSPS) is 15.2. The highest BCUT2D eigenvalue weighted by Crippen LogP contribution is 2.39. The molecule has 1 aromatic carbocycles. The first-order valence-electron chi connectivity index (χ1n) is 10.3. The molecule has 1 aliphatic carbocycles. The Morgan fingerprint density at radius 3 is 2.53 bits per heavy atom. The average molecular weight is 489 g/mol. The molecule has 2 N–H and O–H groups in total. The van der Waals surface area contributed by atoms with Gasteiger partial charge < -0.3 is 10.6 Å². The van der Waals surface area contributed by atoms with Gasteiger partial charge in [-0.15, -0.1) is 0 Å². The summed E-state index contributed by atoms with van der Waals surface area (Å²) in [6.45, 7) is 0.643. The monoisotopic (exact) mass is 488 g/mol. The van der Waals surface area contributed by atoms with Crippen LogP contribution < -0.4 is 10.6 Å². The van der Waals surface area contributed by atoms with Crippen LogP contribution >= 0.6 is 35.6 Å². The Kier molecular flexibility index (Phi) is 7.49. The van der Waals surface area contributed by atoms with E-state index in [1.165, 1.54) is 30.3 Å². The standard InChI is InChI=1S/C22H22ClFN6S2/c23-17-13-18(32-21-25-11-4-12-26-21)29-19(28-17)30-20(31)27-14-22(9-2-1-3-10-22)15-5-7-16(24)8-6-15/h4-8,11-13H,1-3,9-10,14H2,(H2,27,28,29,30,31). The van der Waals surface area contributed by atoms with Gasteiger partial charge in [-0.3, -0.25) is 0 Å². The Hall–Kier alpha value is -2.36. The highest BCUT2D eigenvalue weighted by molar-refractivity contribution is 7.99. The number of nitrogens with zero attached hydrogens (tertiary/aromatic N) is 4. The van der Waals surface area contributed by atoms with Crippen LogP contribution in [0.15, 0.2) is 59.0 Å². The molecule has 0 aliphatic heterocycles. The van der Waals surface area contributed by atoms with Crippen molar-refractivity contribution in [2.75, 3.05) is 11.9 Å². The lowest BCUT2D eigenvalue weighted by Crippen LogP contribution is -2.43. The van der Waals surface area contributed by atoms with Crippen LogP contribution in [0.4, 0.5) is 10.3 Å². The first kappa shape index (κ1) is 22.8. The second-order valence-electron chi connectivity index (χ2n) is 7.64. The van der Waals surface area contributed by atoms with Gasteiger partial charge >= 0.3 is 0 Å². The minimum Gasteiger partial charge on any atom is -0.361 e. The van der Waals surface area contributed by atoms with E-state index >= 15 is 0 Å². The lowest BCUT2D eigenvalue weighted by molar-refractivity contribution is 0.292. The van der Waals surface area contributed by atoms with Gasteiger partial charge in [0.2, 0.25) is 5.95 Å². The number of hydrogen-bond acceptors (Lipinski definition) is 6. The van der Waals surface area contributed by atoms with Gasteiger partial charge in [0.05, 0.1) is 0 Å². The average Bonchev–Trinajstić information content (AvgIpc) is 2.79. The van der Waals surface area contributed by atoms with Crippen LogP contribution in [-0.4, -0.2) is 31.6 Å². The Bertz CT molecular complexity index is 1060. The van der Waals surface area contributed by atoms with E-state index in [1.54, 1.807) is 24.5 Å². The molecule has 1 fully saturated rings. The van der Waals surface area contributed by atoms with E-state index in [-0.39, 0.29) is 11.2 Å². The van der Waals surface area contributed by atoms with Crippen molar-refractivity contribution in [3.63, 3.8) is 0 Å². The lowest BCUT2D eigenvalue weighted by atomic mass is 9.69. The van der Waals surface area contributed by atoms with Crippen molar-refractivity contribution in [1.29, 1.82) is 0 Å². The molecule has 1 aliphatic rings. The predicted molar refractivity (Wildman–Crippen MR) is 129 cm³/mol. The molecule has 0 atom stereocenters. The van der Waals surface area contributed by atoms with Gasteiger partial charge in [0.15, 0.2) is 10.3 Å². The Morgan fingerprint density at radius 1 is 1.09 bits per heavy atom. The van der Waals surface area contributed by atoms with Gasteiger partial charge in [0.25, 0.3) is 0 Å². The van der Waals surface area contributed by atoms with Crippen LogP contribution in [0, 0.1) is 5.82 Å². The quantitative estimate of drug-likeness (QED) is 0.271. The van der Waals surface area contributed by atoms with E-state index in [1.807, 2.05) is 12.1 Å². The zero-order valence-corrected chi connectivity index (χ0v) is 19.6. The molecule has 166 valence electrons. The van der Waals surface area contributed by atoms with Crippen LogP contribution in [0.1, 0.15) is 37.7 Å². The number of thiocarbonyl (C=S) groups is 1. The summed E-state index contributed by atoms with van der Waals surface area (Å²) in [7, 11) is 0. The molecule has 0 bridgehead atoms. The third-order valence-electron chi connectivity index (χ3n) is 5.49. The zero-order chi connectivity index (χ0) is 22.4. The summed E-state index contributed by atoms with van der Waals surface area (Å²) >= 11 is 13.0. The molecule has 2 aromatic heterocycles. The van der Waals surface area contributed by atoms with Crippen molar-refractivity contribution in [1.82, 2.24) is 25.3 Å². The van der Waals surface area contributed by atoms with E-state index in [2.05, 4.69) is 30.6 Å². The predicted octanol–water partition coefficient (Wildman–Crippen LogP) is 5.40. The molecule has 3 aromatic rings. The molecular weight excluding hydrogens is 467 g/mol. The summed E-state index contributed by atoms with van der Waals surface area (Å²) in [5.74, 6) is 0.0745. The molecule has 0 radical (unpaired) electrons. The minimum atomic E-state index is -0.225. The zero-order valence-electron chi connectivity index (χ0n) is 17.2. The molecule has 10 heteroatoms. The maximum absolute atomic E-state index is 13.5. The van der Waals surface area contributed by atoms with Gasteiger partial charge in [0, 0.05) is 30.4 Å². The molecule has 0 spiro atoms. The van der Waals surface area contributed by atoms with Crippen molar-refractivity contribution < 1.29 is 4.39 Å². The molecule has 1 saturated carbocycles. The number of aromatic nitrogens is 4. The number of benzene rings is 1. The van der Waals surface area contributed by atoms with Crippen LogP contribution in [-0.2, 0) is 5.41 Å². The van der Waals surface area contributed by atoms with Gasteiger partial charge in [0.1, 0.15) is 16.0 Å². The van der Waals surface area contributed by atoms with Gasteiger partial charge in [-0.1, -0.05) is 43.0 Å². The SMILES string of the molecule is Fc1ccc(C2(CNC(=S)Nc3nc(Cl)cc(Sc4ncccn4)n3)CCCCC2)cc1. The molecule has 0 unspecified atom stereocenters. The van der Waals surface area contributed by atoms with Gasteiger partial charge in [-0.05, 0) is 60.6 Å². The van der Waals surface area contributed by atoms with Crippen molar-refractivity contribution in [3.8, 4) is 0 Å². The highest BCUT2D eigenvalue weighted by Gasteiger charge is 2.34. The maximum atomic E-state index is 13.5. The molecule has 6 nitrogen and oxygen atoms in total. The summed E-state index contributed by atoms with van der Waals surface area (Å²) in [6.07, 6.45) is 8.88. The summed E-state index contributed by atoms with van der Waals surface area (Å²) in [5.41, 5.74) is 1.05. The molecule has 0 amide bonds. The Labute approximate surface area is 200 Å². The molecule has 0 saturated heterocycles. The second kappa shape index (κ2) is 10.5.